The number of ether oxygens (including phenoxy) is 1. The largest absolute Gasteiger partial charge is 0.426 e. The van der Waals surface area contributed by atoms with Crippen LogP contribution in [0.2, 0.25) is 0 Å². The summed E-state index contributed by atoms with van der Waals surface area (Å²) >= 11 is 0. The summed E-state index contributed by atoms with van der Waals surface area (Å²) in [7, 11) is 0. The molecule has 1 fully saturated rings. The normalized spacial score (nSPS) is 16.8. The molecule has 1 heterocycles. The first-order chi connectivity index (χ1) is 9.91. The average molecular weight is 289 g/mol. The monoisotopic (exact) mass is 289 g/mol. The number of hydrogen-bond acceptors (Lipinski definition) is 3. The Kier molecular flexibility index (Phi) is 5.04. The Balaban J connectivity index is 2.17. The number of aryl methyl sites for hydroxylation is 1. The molecule has 0 amide bonds. The van der Waals surface area contributed by atoms with Gasteiger partial charge in [0.05, 0.1) is 5.41 Å². The second-order valence-corrected chi connectivity index (χ2v) is 6.88. The summed E-state index contributed by atoms with van der Waals surface area (Å²) < 4.78 is 5.51. The van der Waals surface area contributed by atoms with Crippen LogP contribution in [0.25, 0.3) is 0 Å². The maximum Gasteiger partial charge on any atom is 0.316 e. The number of esters is 1. The van der Waals surface area contributed by atoms with Crippen LogP contribution in [-0.4, -0.2) is 19.1 Å². The van der Waals surface area contributed by atoms with Gasteiger partial charge in [0.25, 0.3) is 0 Å². The van der Waals surface area contributed by atoms with Crippen molar-refractivity contribution in [2.24, 2.45) is 5.41 Å². The zero-order valence-electron chi connectivity index (χ0n) is 13.7. The zero-order valence-corrected chi connectivity index (χ0v) is 13.7. The van der Waals surface area contributed by atoms with Gasteiger partial charge in [-0.05, 0) is 82.3 Å². The maximum atomic E-state index is 12.0. The highest BCUT2D eigenvalue weighted by molar-refractivity contribution is 5.77. The summed E-state index contributed by atoms with van der Waals surface area (Å²) in [6.45, 7) is 9.97. The molecule has 2 rings (SSSR count). The lowest BCUT2D eigenvalue weighted by Gasteiger charge is -2.25. The lowest BCUT2D eigenvalue weighted by atomic mass is 9.86. The van der Waals surface area contributed by atoms with Gasteiger partial charge in [0.2, 0.25) is 0 Å². The Labute approximate surface area is 128 Å². The molecular weight excluding hydrogens is 262 g/mol. The molecule has 116 valence electrons. The van der Waals surface area contributed by atoms with E-state index in [2.05, 4.69) is 18.3 Å². The van der Waals surface area contributed by atoms with E-state index in [-0.39, 0.29) is 5.97 Å². The second kappa shape index (κ2) is 6.61. The first-order valence-electron chi connectivity index (χ1n) is 7.97. The topological polar surface area (TPSA) is 38.3 Å². The minimum atomic E-state index is -0.472. The SMILES string of the molecule is CCc1cc(OC(=O)C(C)(C)C)ccc1C1CCNCC1. The van der Waals surface area contributed by atoms with Crippen molar-refractivity contribution in [2.75, 3.05) is 13.1 Å². The van der Waals surface area contributed by atoms with E-state index in [9.17, 15) is 4.79 Å². The number of nitrogens with one attached hydrogen (secondary N) is 1. The summed E-state index contributed by atoms with van der Waals surface area (Å²) in [4.78, 5) is 12.0. The van der Waals surface area contributed by atoms with Crippen molar-refractivity contribution in [2.45, 2.75) is 52.9 Å². The van der Waals surface area contributed by atoms with Gasteiger partial charge in [-0.3, -0.25) is 4.79 Å². The van der Waals surface area contributed by atoms with Crippen molar-refractivity contribution in [1.29, 1.82) is 0 Å². The van der Waals surface area contributed by atoms with Gasteiger partial charge in [-0.1, -0.05) is 13.0 Å². The van der Waals surface area contributed by atoms with Crippen LogP contribution in [-0.2, 0) is 11.2 Å². The molecule has 0 saturated carbocycles. The molecule has 0 aromatic heterocycles. The van der Waals surface area contributed by atoms with E-state index in [1.807, 2.05) is 32.9 Å². The summed E-state index contributed by atoms with van der Waals surface area (Å²) in [6.07, 6.45) is 3.35. The molecule has 0 radical (unpaired) electrons. The van der Waals surface area contributed by atoms with Gasteiger partial charge in [0.1, 0.15) is 5.75 Å². The number of carbonyl (C=O) groups excluding carboxylic acids is 1. The van der Waals surface area contributed by atoms with Crippen molar-refractivity contribution < 1.29 is 9.53 Å². The van der Waals surface area contributed by atoms with E-state index < -0.39 is 5.41 Å². The van der Waals surface area contributed by atoms with Crippen LogP contribution >= 0.6 is 0 Å². The predicted octanol–water partition coefficient (Wildman–Crippen LogP) is 3.67. The number of benzene rings is 1. The molecule has 0 spiro atoms. The van der Waals surface area contributed by atoms with Crippen LogP contribution in [0.4, 0.5) is 0 Å². The van der Waals surface area contributed by atoms with Gasteiger partial charge in [-0.2, -0.15) is 0 Å². The third-order valence-electron chi connectivity index (χ3n) is 4.10. The second-order valence-electron chi connectivity index (χ2n) is 6.88. The average Bonchev–Trinajstić information content (AvgIpc) is 2.47. The third-order valence-corrected chi connectivity index (χ3v) is 4.10. The zero-order chi connectivity index (χ0) is 15.5. The fourth-order valence-corrected chi connectivity index (χ4v) is 2.74. The highest BCUT2D eigenvalue weighted by Gasteiger charge is 2.24. The Bertz CT molecular complexity index is 496. The Morgan fingerprint density at radius 1 is 1.29 bits per heavy atom. The molecule has 1 aliphatic rings. The quantitative estimate of drug-likeness (QED) is 0.681. The van der Waals surface area contributed by atoms with E-state index >= 15 is 0 Å². The Hall–Kier alpha value is -1.35. The minimum Gasteiger partial charge on any atom is -0.426 e. The molecule has 0 aliphatic carbocycles. The van der Waals surface area contributed by atoms with E-state index in [0.29, 0.717) is 11.7 Å². The van der Waals surface area contributed by atoms with Gasteiger partial charge in [0, 0.05) is 0 Å². The van der Waals surface area contributed by atoms with E-state index in [0.717, 1.165) is 19.5 Å². The molecule has 3 heteroatoms. The molecule has 1 aliphatic heterocycles. The molecule has 1 aromatic carbocycles. The smallest absolute Gasteiger partial charge is 0.316 e. The van der Waals surface area contributed by atoms with Crippen LogP contribution in [0.3, 0.4) is 0 Å². The van der Waals surface area contributed by atoms with Crippen LogP contribution < -0.4 is 10.1 Å². The highest BCUT2D eigenvalue weighted by atomic mass is 16.5. The molecule has 1 aromatic rings. The fourth-order valence-electron chi connectivity index (χ4n) is 2.74. The van der Waals surface area contributed by atoms with Crippen LogP contribution in [0.5, 0.6) is 5.75 Å². The van der Waals surface area contributed by atoms with E-state index in [4.69, 9.17) is 4.74 Å². The summed E-state index contributed by atoms with van der Waals surface area (Å²) in [6, 6.07) is 6.14. The number of carbonyl (C=O) groups is 1. The number of hydrogen-bond donors (Lipinski definition) is 1. The number of piperidine rings is 1. The Morgan fingerprint density at radius 2 is 1.95 bits per heavy atom. The lowest BCUT2D eigenvalue weighted by molar-refractivity contribution is -0.142. The van der Waals surface area contributed by atoms with Crippen LogP contribution in [0.1, 0.15) is 57.6 Å². The molecule has 1 saturated heterocycles. The van der Waals surface area contributed by atoms with Gasteiger partial charge in [-0.15, -0.1) is 0 Å². The summed E-state index contributed by atoms with van der Waals surface area (Å²) in [5.41, 5.74) is 2.26. The molecule has 21 heavy (non-hydrogen) atoms. The summed E-state index contributed by atoms with van der Waals surface area (Å²) in [5.74, 6) is 1.12. The van der Waals surface area contributed by atoms with Crippen molar-refractivity contribution in [3.63, 3.8) is 0 Å². The molecule has 1 N–H and O–H groups in total. The first-order valence-corrected chi connectivity index (χ1v) is 7.97. The van der Waals surface area contributed by atoms with Crippen molar-refractivity contribution >= 4 is 5.97 Å². The first kappa shape index (κ1) is 16.0. The van der Waals surface area contributed by atoms with Gasteiger partial charge < -0.3 is 10.1 Å². The Morgan fingerprint density at radius 3 is 2.52 bits per heavy atom. The number of rotatable bonds is 3. The standard InChI is InChI=1S/C18H27NO2/c1-5-13-12-15(21-17(20)18(2,3)4)6-7-16(13)14-8-10-19-11-9-14/h6-7,12,14,19H,5,8-11H2,1-4H3. The van der Waals surface area contributed by atoms with Gasteiger partial charge in [-0.25, -0.2) is 0 Å². The summed E-state index contributed by atoms with van der Waals surface area (Å²) in [5, 5.41) is 3.41. The van der Waals surface area contributed by atoms with E-state index in [1.54, 1.807) is 0 Å². The van der Waals surface area contributed by atoms with Crippen molar-refractivity contribution in [1.82, 2.24) is 5.32 Å². The maximum absolute atomic E-state index is 12.0. The molecule has 0 atom stereocenters. The molecular formula is C18H27NO2. The third kappa shape index (κ3) is 4.07. The lowest BCUT2D eigenvalue weighted by Crippen LogP contribution is -2.27. The van der Waals surface area contributed by atoms with Crippen LogP contribution in [0.15, 0.2) is 18.2 Å². The van der Waals surface area contributed by atoms with Gasteiger partial charge in [0.15, 0.2) is 0 Å². The van der Waals surface area contributed by atoms with Crippen molar-refractivity contribution in [3.05, 3.63) is 29.3 Å². The predicted molar refractivity (Wildman–Crippen MR) is 85.8 cm³/mol. The van der Waals surface area contributed by atoms with Crippen LogP contribution in [0, 0.1) is 5.41 Å². The molecule has 0 bridgehead atoms. The molecule has 0 unspecified atom stereocenters. The highest BCUT2D eigenvalue weighted by Crippen LogP contribution is 2.31. The molecule has 3 nitrogen and oxygen atoms in total. The minimum absolute atomic E-state index is 0.181. The van der Waals surface area contributed by atoms with E-state index in [1.165, 1.54) is 24.0 Å². The fraction of sp³-hybridized carbons (Fsp3) is 0.611. The van der Waals surface area contributed by atoms with Gasteiger partial charge >= 0.3 is 5.97 Å². The van der Waals surface area contributed by atoms with Crippen molar-refractivity contribution in [3.8, 4) is 5.75 Å².